The molecule has 5 heteroatoms. The van der Waals surface area contributed by atoms with Crippen LogP contribution >= 0.6 is 0 Å². The Hall–Kier alpha value is -2.56. The third kappa shape index (κ3) is 2.30. The molecule has 0 aliphatic rings. The highest BCUT2D eigenvalue weighted by atomic mass is 16.5. The monoisotopic (exact) mass is 268 g/mol. The quantitative estimate of drug-likeness (QED) is 0.788. The van der Waals surface area contributed by atoms with Crippen molar-refractivity contribution in [2.75, 3.05) is 12.8 Å². The summed E-state index contributed by atoms with van der Waals surface area (Å²) in [4.78, 5) is 8.40. The second kappa shape index (κ2) is 5.21. The number of aryl methyl sites for hydroxylation is 2. The number of anilines is 1. The molecule has 0 atom stereocenters. The molecule has 2 heterocycles. The van der Waals surface area contributed by atoms with Crippen LogP contribution in [0.4, 0.5) is 5.95 Å². The molecule has 0 aliphatic carbocycles. The summed E-state index contributed by atoms with van der Waals surface area (Å²) < 4.78 is 7.23. The Kier molecular flexibility index (Phi) is 3.25. The molecule has 0 bridgehead atoms. The molecule has 1 aromatic carbocycles. The average Bonchev–Trinajstić information content (AvgIpc) is 2.80. The van der Waals surface area contributed by atoms with Gasteiger partial charge in [-0.3, -0.25) is 4.98 Å². The minimum absolute atomic E-state index is 0.530. The van der Waals surface area contributed by atoms with E-state index in [9.17, 15) is 0 Å². The second-order valence-electron chi connectivity index (χ2n) is 4.58. The SMILES string of the molecule is COc1ccc2c(c1)nc(N)n2CCc1ccncc1. The molecule has 2 N–H and O–H groups in total. The number of hydrogen-bond donors (Lipinski definition) is 1. The van der Waals surface area contributed by atoms with E-state index in [1.54, 1.807) is 19.5 Å². The Morgan fingerprint density at radius 2 is 2.00 bits per heavy atom. The van der Waals surface area contributed by atoms with Crippen LogP contribution in [0.3, 0.4) is 0 Å². The van der Waals surface area contributed by atoms with E-state index in [2.05, 4.69) is 9.97 Å². The van der Waals surface area contributed by atoms with Gasteiger partial charge in [0.2, 0.25) is 5.95 Å². The maximum atomic E-state index is 6.01. The normalized spacial score (nSPS) is 10.8. The number of imidazole rings is 1. The molecule has 3 aromatic rings. The Morgan fingerprint density at radius 3 is 2.75 bits per heavy atom. The minimum atomic E-state index is 0.530. The summed E-state index contributed by atoms with van der Waals surface area (Å²) in [6.45, 7) is 0.790. The Labute approximate surface area is 117 Å². The predicted octanol–water partition coefficient (Wildman–Crippen LogP) is 2.26. The highest BCUT2D eigenvalue weighted by Gasteiger charge is 2.09. The highest BCUT2D eigenvalue weighted by Crippen LogP contribution is 2.23. The molecule has 0 amide bonds. The fraction of sp³-hybridized carbons (Fsp3) is 0.200. The van der Waals surface area contributed by atoms with Crippen LogP contribution in [0.2, 0.25) is 0 Å². The number of fused-ring (bicyclic) bond motifs is 1. The van der Waals surface area contributed by atoms with Crippen molar-refractivity contribution < 1.29 is 4.74 Å². The summed E-state index contributed by atoms with van der Waals surface area (Å²) in [7, 11) is 1.64. The van der Waals surface area contributed by atoms with Crippen molar-refractivity contribution in [1.82, 2.24) is 14.5 Å². The van der Waals surface area contributed by atoms with Crippen molar-refractivity contribution >= 4 is 17.0 Å². The summed E-state index contributed by atoms with van der Waals surface area (Å²) in [6, 6.07) is 9.84. The number of methoxy groups -OCH3 is 1. The van der Waals surface area contributed by atoms with Gasteiger partial charge in [-0.2, -0.15) is 0 Å². The summed E-state index contributed by atoms with van der Waals surface area (Å²) in [5, 5.41) is 0. The van der Waals surface area contributed by atoms with E-state index in [4.69, 9.17) is 10.5 Å². The summed E-state index contributed by atoms with van der Waals surface area (Å²) >= 11 is 0. The van der Waals surface area contributed by atoms with Gasteiger partial charge in [-0.15, -0.1) is 0 Å². The number of hydrogen-bond acceptors (Lipinski definition) is 4. The smallest absolute Gasteiger partial charge is 0.201 e. The van der Waals surface area contributed by atoms with E-state index in [0.717, 1.165) is 29.7 Å². The molecule has 20 heavy (non-hydrogen) atoms. The van der Waals surface area contributed by atoms with Gasteiger partial charge in [0.1, 0.15) is 5.75 Å². The maximum Gasteiger partial charge on any atom is 0.201 e. The lowest BCUT2D eigenvalue weighted by atomic mass is 10.2. The van der Waals surface area contributed by atoms with E-state index >= 15 is 0 Å². The Morgan fingerprint density at radius 1 is 1.20 bits per heavy atom. The molecule has 0 saturated carbocycles. The fourth-order valence-electron chi connectivity index (χ4n) is 2.28. The van der Waals surface area contributed by atoms with Crippen molar-refractivity contribution in [1.29, 1.82) is 0 Å². The molecule has 0 spiro atoms. The second-order valence-corrected chi connectivity index (χ2v) is 4.58. The van der Waals surface area contributed by atoms with Gasteiger partial charge in [0.05, 0.1) is 18.1 Å². The first-order valence-corrected chi connectivity index (χ1v) is 6.46. The van der Waals surface area contributed by atoms with Gasteiger partial charge in [-0.05, 0) is 36.2 Å². The van der Waals surface area contributed by atoms with Gasteiger partial charge < -0.3 is 15.0 Å². The van der Waals surface area contributed by atoms with Crippen molar-refractivity contribution in [3.8, 4) is 5.75 Å². The predicted molar refractivity (Wildman–Crippen MR) is 78.6 cm³/mol. The number of aromatic nitrogens is 3. The van der Waals surface area contributed by atoms with Crippen molar-refractivity contribution in [3.63, 3.8) is 0 Å². The number of nitrogen functional groups attached to an aromatic ring is 1. The third-order valence-corrected chi connectivity index (χ3v) is 3.36. The number of nitrogens with zero attached hydrogens (tertiary/aromatic N) is 3. The van der Waals surface area contributed by atoms with Gasteiger partial charge in [0, 0.05) is 25.0 Å². The zero-order chi connectivity index (χ0) is 13.9. The topological polar surface area (TPSA) is 66.0 Å². The molecule has 102 valence electrons. The van der Waals surface area contributed by atoms with Gasteiger partial charge in [-0.1, -0.05) is 0 Å². The molecular weight excluding hydrogens is 252 g/mol. The van der Waals surface area contributed by atoms with Crippen molar-refractivity contribution in [2.45, 2.75) is 13.0 Å². The van der Waals surface area contributed by atoms with Crippen LogP contribution in [0.15, 0.2) is 42.7 Å². The maximum absolute atomic E-state index is 6.01. The number of benzene rings is 1. The van der Waals surface area contributed by atoms with Gasteiger partial charge in [-0.25, -0.2) is 4.98 Å². The van der Waals surface area contributed by atoms with Crippen LogP contribution in [-0.2, 0) is 13.0 Å². The molecule has 0 fully saturated rings. The fourth-order valence-corrected chi connectivity index (χ4v) is 2.28. The lowest BCUT2D eigenvalue weighted by Crippen LogP contribution is -2.05. The zero-order valence-corrected chi connectivity index (χ0v) is 11.3. The number of rotatable bonds is 4. The Bertz CT molecular complexity index is 721. The van der Waals surface area contributed by atoms with Crippen LogP contribution in [0, 0.1) is 0 Å². The first kappa shape index (κ1) is 12.5. The summed E-state index contributed by atoms with van der Waals surface area (Å²) in [6.07, 6.45) is 4.50. The largest absolute Gasteiger partial charge is 0.497 e. The molecule has 2 aromatic heterocycles. The number of nitrogens with two attached hydrogens (primary N) is 1. The highest BCUT2D eigenvalue weighted by molar-refractivity contribution is 5.79. The van der Waals surface area contributed by atoms with Crippen LogP contribution in [0.5, 0.6) is 5.75 Å². The van der Waals surface area contributed by atoms with Crippen molar-refractivity contribution in [3.05, 3.63) is 48.3 Å². The first-order valence-electron chi connectivity index (χ1n) is 6.46. The molecule has 0 saturated heterocycles. The molecule has 0 unspecified atom stereocenters. The zero-order valence-electron chi connectivity index (χ0n) is 11.3. The first-order chi connectivity index (χ1) is 9.78. The molecule has 0 aliphatic heterocycles. The minimum Gasteiger partial charge on any atom is -0.497 e. The molecule has 5 nitrogen and oxygen atoms in total. The van der Waals surface area contributed by atoms with Gasteiger partial charge in [0.25, 0.3) is 0 Å². The van der Waals surface area contributed by atoms with E-state index in [-0.39, 0.29) is 0 Å². The standard InChI is InChI=1S/C15H16N4O/c1-20-12-2-3-14-13(10-12)18-15(16)19(14)9-6-11-4-7-17-8-5-11/h2-5,7-8,10H,6,9H2,1H3,(H2,16,18). The van der Waals surface area contributed by atoms with Crippen LogP contribution in [0.1, 0.15) is 5.56 Å². The number of ether oxygens (including phenoxy) is 1. The lowest BCUT2D eigenvalue weighted by molar-refractivity contribution is 0.415. The van der Waals surface area contributed by atoms with Crippen LogP contribution < -0.4 is 10.5 Å². The Balaban J connectivity index is 1.89. The van der Waals surface area contributed by atoms with Crippen molar-refractivity contribution in [2.24, 2.45) is 0 Å². The van der Waals surface area contributed by atoms with Crippen LogP contribution in [0.25, 0.3) is 11.0 Å². The number of pyridine rings is 1. The van der Waals surface area contributed by atoms with E-state index in [1.165, 1.54) is 5.56 Å². The van der Waals surface area contributed by atoms with E-state index < -0.39 is 0 Å². The van der Waals surface area contributed by atoms with Gasteiger partial charge in [0.15, 0.2) is 0 Å². The molecular formula is C15H16N4O. The summed E-state index contributed by atoms with van der Waals surface area (Å²) in [5.74, 6) is 1.32. The third-order valence-electron chi connectivity index (χ3n) is 3.36. The summed E-state index contributed by atoms with van der Waals surface area (Å²) in [5.41, 5.74) is 9.12. The van der Waals surface area contributed by atoms with E-state index in [1.807, 2.05) is 34.9 Å². The molecule has 0 radical (unpaired) electrons. The lowest BCUT2D eigenvalue weighted by Gasteiger charge is -2.06. The average molecular weight is 268 g/mol. The van der Waals surface area contributed by atoms with Gasteiger partial charge >= 0.3 is 0 Å². The van der Waals surface area contributed by atoms with E-state index in [0.29, 0.717) is 5.95 Å². The van der Waals surface area contributed by atoms with Crippen LogP contribution in [-0.4, -0.2) is 21.6 Å². The molecule has 3 rings (SSSR count).